The molecule has 0 saturated heterocycles. The Morgan fingerprint density at radius 1 is 0.792 bits per heavy atom. The second kappa shape index (κ2) is 6.00. The molecule has 0 aromatic heterocycles. The van der Waals surface area contributed by atoms with Gasteiger partial charge >= 0.3 is 12.4 Å². The Morgan fingerprint density at radius 3 is 1.88 bits per heavy atom. The van der Waals surface area contributed by atoms with Crippen LogP contribution < -0.4 is 4.72 Å². The molecule has 0 atom stereocenters. The summed E-state index contributed by atoms with van der Waals surface area (Å²) >= 11 is 0. The van der Waals surface area contributed by atoms with Crippen molar-refractivity contribution < 1.29 is 34.8 Å². The number of hydrogen-bond acceptors (Lipinski definition) is 2. The van der Waals surface area contributed by atoms with Crippen molar-refractivity contribution in [2.45, 2.75) is 17.2 Å². The van der Waals surface area contributed by atoms with E-state index in [1.165, 1.54) is 30.3 Å². The van der Waals surface area contributed by atoms with Gasteiger partial charge in [-0.05, 0) is 30.3 Å². The summed E-state index contributed by atoms with van der Waals surface area (Å²) in [6.45, 7) is 0. The lowest BCUT2D eigenvalue weighted by molar-refractivity contribution is -0.143. The highest BCUT2D eigenvalue weighted by Gasteiger charge is 2.40. The van der Waals surface area contributed by atoms with E-state index < -0.39 is 38.4 Å². The highest BCUT2D eigenvalue weighted by molar-refractivity contribution is 7.92. The van der Waals surface area contributed by atoms with Gasteiger partial charge in [-0.15, -0.1) is 0 Å². The van der Waals surface area contributed by atoms with Crippen molar-refractivity contribution in [3.8, 4) is 0 Å². The fourth-order valence-electron chi connectivity index (χ4n) is 1.87. The van der Waals surface area contributed by atoms with Crippen LogP contribution in [0.4, 0.5) is 32.0 Å². The Hall–Kier alpha value is -2.23. The summed E-state index contributed by atoms with van der Waals surface area (Å²) in [5.41, 5.74) is -3.26. The molecule has 3 nitrogen and oxygen atoms in total. The number of anilines is 1. The highest BCUT2D eigenvalue weighted by atomic mass is 32.2. The lowest BCUT2D eigenvalue weighted by Gasteiger charge is -2.16. The van der Waals surface area contributed by atoms with E-state index >= 15 is 0 Å². The summed E-state index contributed by atoms with van der Waals surface area (Å²) in [6.07, 6.45) is -10.1. The minimum absolute atomic E-state index is 0.0336. The molecule has 24 heavy (non-hydrogen) atoms. The van der Waals surface area contributed by atoms with Crippen LogP contribution in [0.15, 0.2) is 53.4 Å². The van der Waals surface area contributed by atoms with Gasteiger partial charge in [0.1, 0.15) is 4.90 Å². The number of alkyl halides is 6. The van der Waals surface area contributed by atoms with Gasteiger partial charge in [0.2, 0.25) is 0 Å². The standard InChI is InChI=1S/C14H9F6NO2S/c15-13(16,17)9-6-7-11(14(18,19)20)12(8-9)24(22,23)21-10-4-2-1-3-5-10/h1-8,21H. The van der Waals surface area contributed by atoms with Gasteiger partial charge in [-0.25, -0.2) is 8.42 Å². The molecule has 130 valence electrons. The first-order valence-corrected chi connectivity index (χ1v) is 7.76. The second-order valence-electron chi connectivity index (χ2n) is 4.68. The lowest BCUT2D eigenvalue weighted by Crippen LogP contribution is -2.20. The maximum Gasteiger partial charge on any atom is 0.417 e. The predicted molar refractivity (Wildman–Crippen MR) is 73.7 cm³/mol. The maximum absolute atomic E-state index is 13.0. The smallest absolute Gasteiger partial charge is 0.280 e. The van der Waals surface area contributed by atoms with E-state index in [4.69, 9.17) is 0 Å². The molecule has 0 fully saturated rings. The summed E-state index contributed by atoms with van der Waals surface area (Å²) in [7, 11) is -4.88. The molecule has 2 aromatic carbocycles. The van der Waals surface area contributed by atoms with Crippen LogP contribution in [0.2, 0.25) is 0 Å². The zero-order valence-electron chi connectivity index (χ0n) is 11.6. The van der Waals surface area contributed by atoms with Crippen LogP contribution in [0.5, 0.6) is 0 Å². The van der Waals surface area contributed by atoms with Crippen LogP contribution in [-0.4, -0.2) is 8.42 Å². The minimum Gasteiger partial charge on any atom is -0.280 e. The van der Waals surface area contributed by atoms with E-state index in [1.807, 2.05) is 4.72 Å². The molecule has 0 spiro atoms. The number of sulfonamides is 1. The van der Waals surface area contributed by atoms with Gasteiger partial charge < -0.3 is 0 Å². The quantitative estimate of drug-likeness (QED) is 0.809. The van der Waals surface area contributed by atoms with E-state index in [0.29, 0.717) is 0 Å². The van der Waals surface area contributed by atoms with Crippen LogP contribution in [0, 0.1) is 0 Å². The Balaban J connectivity index is 2.61. The molecular formula is C14H9F6NO2S. The molecule has 0 amide bonds. The van der Waals surface area contributed by atoms with Crippen molar-refractivity contribution in [2.24, 2.45) is 0 Å². The summed E-state index contributed by atoms with van der Waals surface area (Å²) in [4.78, 5) is -1.49. The number of halogens is 6. The molecule has 0 bridgehead atoms. The Labute approximate surface area is 133 Å². The number of para-hydroxylation sites is 1. The van der Waals surface area contributed by atoms with Crippen LogP contribution in [-0.2, 0) is 22.4 Å². The van der Waals surface area contributed by atoms with Crippen molar-refractivity contribution in [3.05, 3.63) is 59.7 Å². The summed E-state index contributed by atoms with van der Waals surface area (Å²) in [5.74, 6) is 0. The number of nitrogens with one attached hydrogen (secondary N) is 1. The van der Waals surface area contributed by atoms with Crippen molar-refractivity contribution >= 4 is 15.7 Å². The molecule has 0 saturated carbocycles. The number of hydrogen-bond donors (Lipinski definition) is 1. The molecule has 10 heteroatoms. The molecule has 0 heterocycles. The largest absolute Gasteiger partial charge is 0.417 e. The minimum atomic E-state index is -5.13. The maximum atomic E-state index is 13.0. The van der Waals surface area contributed by atoms with Crippen molar-refractivity contribution in [3.63, 3.8) is 0 Å². The zero-order valence-corrected chi connectivity index (χ0v) is 12.4. The molecule has 2 aromatic rings. The summed E-state index contributed by atoms with van der Waals surface area (Å²) in [5, 5.41) is 0. The van der Waals surface area contributed by atoms with E-state index in [-0.39, 0.29) is 23.9 Å². The van der Waals surface area contributed by atoms with Crippen LogP contribution >= 0.6 is 0 Å². The average Bonchev–Trinajstić information content (AvgIpc) is 2.45. The van der Waals surface area contributed by atoms with Gasteiger partial charge in [0.15, 0.2) is 0 Å². The molecule has 2 rings (SSSR count). The first-order valence-electron chi connectivity index (χ1n) is 6.27. The van der Waals surface area contributed by atoms with Gasteiger partial charge in [0, 0.05) is 5.69 Å². The van der Waals surface area contributed by atoms with Crippen LogP contribution in [0.25, 0.3) is 0 Å². The second-order valence-corrected chi connectivity index (χ2v) is 6.33. The predicted octanol–water partition coefficient (Wildman–Crippen LogP) is 4.53. The number of rotatable bonds is 3. The van der Waals surface area contributed by atoms with Crippen molar-refractivity contribution in [2.75, 3.05) is 4.72 Å². The van der Waals surface area contributed by atoms with E-state index in [9.17, 15) is 34.8 Å². The van der Waals surface area contributed by atoms with Gasteiger partial charge in [-0.3, -0.25) is 4.72 Å². The lowest BCUT2D eigenvalue weighted by atomic mass is 10.1. The first kappa shape index (κ1) is 18.1. The Kier molecular flexibility index (Phi) is 4.53. The molecule has 0 radical (unpaired) electrons. The molecule has 0 aliphatic heterocycles. The topological polar surface area (TPSA) is 46.2 Å². The fraction of sp³-hybridized carbons (Fsp3) is 0.143. The third-order valence-corrected chi connectivity index (χ3v) is 4.35. The number of benzene rings is 2. The third kappa shape index (κ3) is 3.99. The SMILES string of the molecule is O=S(=O)(Nc1ccccc1)c1cc(C(F)(F)F)ccc1C(F)(F)F. The molecular weight excluding hydrogens is 360 g/mol. The third-order valence-electron chi connectivity index (χ3n) is 2.93. The van der Waals surface area contributed by atoms with Crippen LogP contribution in [0.3, 0.4) is 0 Å². The Bertz CT molecular complexity index is 829. The molecule has 0 aliphatic carbocycles. The van der Waals surface area contributed by atoms with Gasteiger partial charge in [-0.1, -0.05) is 18.2 Å². The van der Waals surface area contributed by atoms with Crippen LogP contribution in [0.1, 0.15) is 11.1 Å². The zero-order chi connectivity index (χ0) is 18.2. The van der Waals surface area contributed by atoms with E-state index in [1.54, 1.807) is 0 Å². The summed E-state index contributed by atoms with van der Waals surface area (Å²) in [6, 6.07) is 7.10. The Morgan fingerprint density at radius 2 is 1.38 bits per heavy atom. The molecule has 0 unspecified atom stereocenters. The monoisotopic (exact) mass is 369 g/mol. The highest BCUT2D eigenvalue weighted by Crippen LogP contribution is 2.38. The van der Waals surface area contributed by atoms with E-state index in [2.05, 4.69) is 0 Å². The average molecular weight is 369 g/mol. The molecule has 1 N–H and O–H groups in total. The van der Waals surface area contributed by atoms with E-state index in [0.717, 1.165) is 0 Å². The normalized spacial score (nSPS) is 12.9. The first-order chi connectivity index (χ1) is 10.9. The van der Waals surface area contributed by atoms with Crippen molar-refractivity contribution in [1.82, 2.24) is 0 Å². The molecule has 0 aliphatic rings. The summed E-state index contributed by atoms with van der Waals surface area (Å²) < 4.78 is 103. The van der Waals surface area contributed by atoms with Gasteiger partial charge in [-0.2, -0.15) is 26.3 Å². The van der Waals surface area contributed by atoms with Gasteiger partial charge in [0.05, 0.1) is 11.1 Å². The fourth-order valence-corrected chi connectivity index (χ4v) is 3.18. The van der Waals surface area contributed by atoms with Gasteiger partial charge in [0.25, 0.3) is 10.0 Å². The van der Waals surface area contributed by atoms with Crippen molar-refractivity contribution in [1.29, 1.82) is 0 Å².